The van der Waals surface area contributed by atoms with Crippen molar-refractivity contribution in [2.75, 3.05) is 13.2 Å². The molecule has 2 atom stereocenters. The number of rotatable bonds is 8. The Morgan fingerprint density at radius 1 is 1.38 bits per heavy atom. The summed E-state index contributed by atoms with van der Waals surface area (Å²) in [5.74, 6) is -1.02. The number of nitrogens with one attached hydrogen (secondary N) is 1. The number of nitrogens with two attached hydrogens (primary N) is 1. The molecule has 4 nitrogen and oxygen atoms in total. The van der Waals surface area contributed by atoms with Crippen molar-refractivity contribution in [3.05, 3.63) is 47.3 Å². The lowest BCUT2D eigenvalue weighted by molar-refractivity contribution is -0.152. The number of alkyl halides is 3. The summed E-state index contributed by atoms with van der Waals surface area (Å²) >= 11 is 0.688. The molecular formula is C15H18F4N2O2S. The molecule has 0 aliphatic rings. The predicted molar refractivity (Wildman–Crippen MR) is 84.6 cm³/mol. The van der Waals surface area contributed by atoms with E-state index in [1.807, 2.05) is 0 Å². The normalized spacial score (nSPS) is 15.2. The summed E-state index contributed by atoms with van der Waals surface area (Å²) in [6.07, 6.45) is -3.27. The summed E-state index contributed by atoms with van der Waals surface area (Å²) in [7, 11) is 0. The Bertz CT molecular complexity index is 576. The van der Waals surface area contributed by atoms with E-state index in [1.54, 1.807) is 0 Å². The highest BCUT2D eigenvalue weighted by atomic mass is 32.2. The first kappa shape index (κ1) is 20.6. The van der Waals surface area contributed by atoms with E-state index in [-0.39, 0.29) is 23.5 Å². The zero-order valence-electron chi connectivity index (χ0n) is 12.8. The van der Waals surface area contributed by atoms with Crippen molar-refractivity contribution in [3.63, 3.8) is 0 Å². The first-order chi connectivity index (χ1) is 11.2. The number of hydrogen-bond donors (Lipinski definition) is 3. The Balaban J connectivity index is 2.91. The van der Waals surface area contributed by atoms with Gasteiger partial charge in [-0.3, -0.25) is 4.79 Å². The second kappa shape index (κ2) is 9.16. The van der Waals surface area contributed by atoms with Crippen LogP contribution >= 0.6 is 11.9 Å². The first-order valence-electron chi connectivity index (χ1n) is 6.95. The average Bonchev–Trinajstić information content (AvgIpc) is 2.50. The monoisotopic (exact) mass is 366 g/mol. The molecule has 0 saturated heterocycles. The maximum Gasteiger partial charge on any atom is 0.408 e. The maximum atomic E-state index is 13.2. The number of carbonyl (C=O) groups excluding carboxylic acids is 1. The van der Waals surface area contributed by atoms with Gasteiger partial charge in [0.1, 0.15) is 11.9 Å². The van der Waals surface area contributed by atoms with Crippen molar-refractivity contribution in [1.29, 1.82) is 0 Å². The number of aliphatic hydroxyl groups excluding tert-OH is 1. The van der Waals surface area contributed by atoms with Crippen molar-refractivity contribution < 1.29 is 27.5 Å². The van der Waals surface area contributed by atoms with Crippen LogP contribution in [-0.2, 0) is 4.79 Å². The summed E-state index contributed by atoms with van der Waals surface area (Å²) in [4.78, 5) is 11.3. The second-order valence-electron chi connectivity index (χ2n) is 4.94. The van der Waals surface area contributed by atoms with Gasteiger partial charge in [0, 0.05) is 12.1 Å². The van der Waals surface area contributed by atoms with Gasteiger partial charge in [-0.25, -0.2) is 9.11 Å². The molecule has 0 fully saturated rings. The number of ketones is 1. The Labute approximate surface area is 141 Å². The lowest BCUT2D eigenvalue weighted by atomic mass is 10.1. The third-order valence-corrected chi connectivity index (χ3v) is 4.11. The minimum atomic E-state index is -4.60. The molecule has 24 heavy (non-hydrogen) atoms. The smallest absolute Gasteiger partial charge is 0.392 e. The van der Waals surface area contributed by atoms with Crippen LogP contribution in [0.2, 0.25) is 0 Å². The van der Waals surface area contributed by atoms with Crippen molar-refractivity contribution in [2.45, 2.75) is 24.4 Å². The Morgan fingerprint density at radius 2 is 1.96 bits per heavy atom. The molecule has 0 aliphatic heterocycles. The lowest BCUT2D eigenvalue weighted by Crippen LogP contribution is -2.32. The van der Waals surface area contributed by atoms with Crippen LogP contribution < -0.4 is 10.5 Å². The molecule has 2 unspecified atom stereocenters. The Hall–Kier alpha value is -1.42. The lowest BCUT2D eigenvalue weighted by Gasteiger charge is -2.23. The zero-order chi connectivity index (χ0) is 18.3. The topological polar surface area (TPSA) is 75.4 Å². The van der Waals surface area contributed by atoms with Gasteiger partial charge in [0.15, 0.2) is 5.78 Å². The van der Waals surface area contributed by atoms with Gasteiger partial charge in [0.25, 0.3) is 0 Å². The number of carbonyl (C=O) groups is 1. The van der Waals surface area contributed by atoms with Crippen LogP contribution in [0, 0.1) is 5.82 Å². The van der Waals surface area contributed by atoms with E-state index >= 15 is 0 Å². The van der Waals surface area contributed by atoms with E-state index < -0.39 is 29.9 Å². The standard InChI is InChI=1S/C15H18F4N2O2S/c1-9(23)11(8-22)6-13(7-20)24-21-14(15(17,18)19)10-2-4-12(16)5-3-10/h2-6,13-14,21-22H,7-8,20H2,1H3/b11-6+. The zero-order valence-corrected chi connectivity index (χ0v) is 13.6. The molecule has 1 aromatic carbocycles. The van der Waals surface area contributed by atoms with Gasteiger partial charge in [0.2, 0.25) is 0 Å². The fourth-order valence-electron chi connectivity index (χ4n) is 1.79. The van der Waals surface area contributed by atoms with E-state index in [0.29, 0.717) is 11.9 Å². The Morgan fingerprint density at radius 3 is 2.38 bits per heavy atom. The molecule has 0 radical (unpaired) electrons. The summed E-state index contributed by atoms with van der Waals surface area (Å²) in [5.41, 5.74) is 5.43. The molecule has 0 bridgehead atoms. The van der Waals surface area contributed by atoms with E-state index in [9.17, 15) is 22.4 Å². The fourth-order valence-corrected chi connectivity index (χ4v) is 2.70. The van der Waals surface area contributed by atoms with Crippen LogP contribution in [0.4, 0.5) is 17.6 Å². The number of Topliss-reactive ketones (excluding diaryl/α,β-unsaturated/α-hetero) is 1. The quantitative estimate of drug-likeness (QED) is 0.374. The first-order valence-corrected chi connectivity index (χ1v) is 7.83. The van der Waals surface area contributed by atoms with Crippen LogP contribution in [0.3, 0.4) is 0 Å². The maximum absolute atomic E-state index is 13.2. The highest BCUT2D eigenvalue weighted by molar-refractivity contribution is 7.98. The van der Waals surface area contributed by atoms with E-state index in [1.165, 1.54) is 13.0 Å². The molecule has 0 aliphatic carbocycles. The fraction of sp³-hybridized carbons (Fsp3) is 0.400. The molecule has 1 aromatic rings. The molecule has 9 heteroatoms. The molecule has 0 heterocycles. The molecule has 4 N–H and O–H groups in total. The average molecular weight is 366 g/mol. The minimum absolute atomic E-state index is 0.0392. The van der Waals surface area contributed by atoms with E-state index in [2.05, 4.69) is 4.72 Å². The summed E-state index contributed by atoms with van der Waals surface area (Å²) in [5, 5.41) is 8.42. The summed E-state index contributed by atoms with van der Waals surface area (Å²) in [6, 6.07) is 1.95. The SMILES string of the molecule is CC(=O)/C(=C/C(CN)SNC(c1ccc(F)cc1)C(F)(F)F)CO. The van der Waals surface area contributed by atoms with E-state index in [0.717, 1.165) is 24.3 Å². The highest BCUT2D eigenvalue weighted by Gasteiger charge is 2.41. The van der Waals surface area contributed by atoms with Crippen LogP contribution in [-0.4, -0.2) is 35.5 Å². The van der Waals surface area contributed by atoms with Crippen LogP contribution in [0.15, 0.2) is 35.9 Å². The van der Waals surface area contributed by atoms with Crippen LogP contribution in [0.5, 0.6) is 0 Å². The second-order valence-corrected chi connectivity index (χ2v) is 6.02. The number of halogens is 4. The van der Waals surface area contributed by atoms with Gasteiger partial charge in [-0.15, -0.1) is 0 Å². The molecule has 0 amide bonds. The van der Waals surface area contributed by atoms with Crippen LogP contribution in [0.1, 0.15) is 18.5 Å². The van der Waals surface area contributed by atoms with Gasteiger partial charge in [-0.05, 0) is 24.6 Å². The molecule has 0 aromatic heterocycles. The predicted octanol–water partition coefficient (Wildman–Crippen LogP) is 2.50. The van der Waals surface area contributed by atoms with Crippen molar-refractivity contribution >= 4 is 17.7 Å². The van der Waals surface area contributed by atoms with Gasteiger partial charge in [-0.1, -0.05) is 30.2 Å². The van der Waals surface area contributed by atoms with Crippen molar-refractivity contribution in [3.8, 4) is 0 Å². The molecule has 1 rings (SSSR count). The molecule has 134 valence electrons. The largest absolute Gasteiger partial charge is 0.408 e. The van der Waals surface area contributed by atoms with Crippen molar-refractivity contribution in [2.24, 2.45) is 5.73 Å². The Kier molecular flexibility index (Phi) is 7.88. The summed E-state index contributed by atoms with van der Waals surface area (Å²) < 4.78 is 54.8. The molecule has 0 saturated carbocycles. The minimum Gasteiger partial charge on any atom is -0.392 e. The molecular weight excluding hydrogens is 348 g/mol. The van der Waals surface area contributed by atoms with E-state index in [4.69, 9.17) is 10.8 Å². The number of aliphatic hydroxyl groups is 1. The van der Waals surface area contributed by atoms with Gasteiger partial charge < -0.3 is 10.8 Å². The van der Waals surface area contributed by atoms with Gasteiger partial charge >= 0.3 is 6.18 Å². The van der Waals surface area contributed by atoms with Gasteiger partial charge in [-0.2, -0.15) is 13.2 Å². The molecule has 0 spiro atoms. The van der Waals surface area contributed by atoms with Crippen LogP contribution in [0.25, 0.3) is 0 Å². The van der Waals surface area contributed by atoms with Crippen molar-refractivity contribution in [1.82, 2.24) is 4.72 Å². The third kappa shape index (κ3) is 6.23. The third-order valence-electron chi connectivity index (χ3n) is 3.11. The number of benzene rings is 1. The summed E-state index contributed by atoms with van der Waals surface area (Å²) in [6.45, 7) is 0.681. The highest BCUT2D eigenvalue weighted by Crippen LogP contribution is 2.34. The number of hydrogen-bond acceptors (Lipinski definition) is 5. The van der Waals surface area contributed by atoms with Gasteiger partial charge in [0.05, 0.1) is 11.9 Å².